The van der Waals surface area contributed by atoms with E-state index < -0.39 is 0 Å². The Bertz CT molecular complexity index is 688. The Labute approximate surface area is 169 Å². The van der Waals surface area contributed by atoms with Crippen molar-refractivity contribution in [3.8, 4) is 0 Å². The van der Waals surface area contributed by atoms with Gasteiger partial charge in [-0.3, -0.25) is 4.79 Å². The third-order valence-corrected chi connectivity index (χ3v) is 9.40. The number of hydrogen-bond donors (Lipinski definition) is 0. The van der Waals surface area contributed by atoms with Gasteiger partial charge in [-0.2, -0.15) is 0 Å². The summed E-state index contributed by atoms with van der Waals surface area (Å²) in [7, 11) is 0. The van der Waals surface area contributed by atoms with Crippen LogP contribution in [0.3, 0.4) is 0 Å². The van der Waals surface area contributed by atoms with E-state index in [9.17, 15) is 4.79 Å². The zero-order chi connectivity index (χ0) is 19.4. The summed E-state index contributed by atoms with van der Waals surface area (Å²) in [6, 6.07) is 0. The molecule has 154 valence electrons. The van der Waals surface area contributed by atoms with Crippen molar-refractivity contribution < 1.29 is 14.3 Å². The predicted molar refractivity (Wildman–Crippen MR) is 110 cm³/mol. The van der Waals surface area contributed by atoms with Gasteiger partial charge in [0.1, 0.15) is 0 Å². The van der Waals surface area contributed by atoms with Crippen molar-refractivity contribution in [2.45, 2.75) is 77.9 Å². The third-order valence-electron chi connectivity index (χ3n) is 9.40. The Balaban J connectivity index is 1.30. The molecule has 3 nitrogen and oxygen atoms in total. The highest BCUT2D eigenvalue weighted by Crippen LogP contribution is 2.65. The average Bonchev–Trinajstić information content (AvgIpc) is 3.30. The molecule has 0 aromatic carbocycles. The van der Waals surface area contributed by atoms with Gasteiger partial charge in [0, 0.05) is 6.42 Å². The van der Waals surface area contributed by atoms with Gasteiger partial charge in [0.2, 0.25) is 0 Å². The molecular weight excluding hydrogens is 348 g/mol. The molecule has 0 radical (unpaired) electrons. The SMILES string of the molecule is C[C@]12CCC(=O)C=C1C=CC1C2CC[C@@]2(C)C1CC[C@@H]2CCCC1OCCO1. The lowest BCUT2D eigenvalue weighted by Crippen LogP contribution is -2.48. The molecular formula is C25H36O3. The van der Waals surface area contributed by atoms with E-state index in [-0.39, 0.29) is 11.7 Å². The lowest BCUT2D eigenvalue weighted by Gasteiger charge is -2.56. The van der Waals surface area contributed by atoms with Gasteiger partial charge in [-0.15, -0.1) is 0 Å². The first-order chi connectivity index (χ1) is 13.5. The van der Waals surface area contributed by atoms with Crippen molar-refractivity contribution in [1.82, 2.24) is 0 Å². The van der Waals surface area contributed by atoms with Gasteiger partial charge in [-0.05, 0) is 97.5 Å². The molecule has 1 heterocycles. The van der Waals surface area contributed by atoms with E-state index in [4.69, 9.17) is 9.47 Å². The van der Waals surface area contributed by atoms with E-state index in [1.54, 1.807) is 0 Å². The average molecular weight is 385 g/mol. The summed E-state index contributed by atoms with van der Waals surface area (Å²) < 4.78 is 11.3. The molecule has 6 atom stereocenters. The first-order valence-corrected chi connectivity index (χ1v) is 11.7. The zero-order valence-electron chi connectivity index (χ0n) is 17.6. The maximum atomic E-state index is 12.0. The van der Waals surface area contributed by atoms with E-state index in [0.29, 0.717) is 17.1 Å². The molecule has 2 saturated carbocycles. The highest BCUT2D eigenvalue weighted by molar-refractivity contribution is 5.92. The lowest BCUT2D eigenvalue weighted by atomic mass is 9.48. The summed E-state index contributed by atoms with van der Waals surface area (Å²) in [5, 5.41) is 0. The van der Waals surface area contributed by atoms with E-state index in [1.165, 1.54) is 44.1 Å². The first kappa shape index (κ1) is 19.1. The Hall–Kier alpha value is -0.930. The monoisotopic (exact) mass is 384 g/mol. The fourth-order valence-corrected chi connectivity index (χ4v) is 7.68. The predicted octanol–water partition coefficient (Wildman–Crippen LogP) is 5.45. The summed E-state index contributed by atoms with van der Waals surface area (Å²) in [6.45, 7) is 6.58. The molecule has 28 heavy (non-hydrogen) atoms. The zero-order valence-corrected chi connectivity index (χ0v) is 17.6. The maximum Gasteiger partial charge on any atom is 0.157 e. The number of hydrogen-bond acceptors (Lipinski definition) is 3. The minimum absolute atomic E-state index is 0.0567. The molecule has 3 heteroatoms. The molecule has 1 saturated heterocycles. The van der Waals surface area contributed by atoms with Crippen LogP contribution in [0.25, 0.3) is 0 Å². The second kappa shape index (κ2) is 7.09. The van der Waals surface area contributed by atoms with E-state index in [1.807, 2.05) is 6.08 Å². The van der Waals surface area contributed by atoms with E-state index in [0.717, 1.165) is 50.2 Å². The highest BCUT2D eigenvalue weighted by atomic mass is 16.7. The molecule has 0 bridgehead atoms. The van der Waals surface area contributed by atoms with Crippen LogP contribution >= 0.6 is 0 Å². The summed E-state index contributed by atoms with van der Waals surface area (Å²) in [4.78, 5) is 12.0. The fourth-order valence-electron chi connectivity index (χ4n) is 7.68. The highest BCUT2D eigenvalue weighted by Gasteiger charge is 2.57. The second-order valence-electron chi connectivity index (χ2n) is 10.6. The molecule has 5 aliphatic rings. The molecule has 3 fully saturated rings. The molecule has 5 rings (SSSR count). The number of ether oxygens (including phenoxy) is 2. The van der Waals surface area contributed by atoms with Crippen LogP contribution in [0.4, 0.5) is 0 Å². The molecule has 4 aliphatic carbocycles. The van der Waals surface area contributed by atoms with Crippen LogP contribution in [-0.2, 0) is 14.3 Å². The number of allylic oxidation sites excluding steroid dienone is 4. The summed E-state index contributed by atoms with van der Waals surface area (Å²) in [5.41, 5.74) is 2.04. The van der Waals surface area contributed by atoms with Gasteiger partial charge in [0.25, 0.3) is 0 Å². The molecule has 0 amide bonds. The fraction of sp³-hybridized carbons (Fsp3) is 0.800. The third kappa shape index (κ3) is 2.96. The van der Waals surface area contributed by atoms with Crippen LogP contribution < -0.4 is 0 Å². The Morgan fingerprint density at radius 2 is 1.86 bits per heavy atom. The van der Waals surface area contributed by atoms with Crippen LogP contribution in [0, 0.1) is 34.5 Å². The topological polar surface area (TPSA) is 35.5 Å². The van der Waals surface area contributed by atoms with Crippen molar-refractivity contribution in [1.29, 1.82) is 0 Å². The number of rotatable bonds is 4. The summed E-state index contributed by atoms with van der Waals surface area (Å²) in [6.07, 6.45) is 17.7. The van der Waals surface area contributed by atoms with Crippen molar-refractivity contribution in [2.75, 3.05) is 13.2 Å². The van der Waals surface area contributed by atoms with E-state index >= 15 is 0 Å². The Kier molecular flexibility index (Phi) is 4.83. The Morgan fingerprint density at radius 3 is 2.68 bits per heavy atom. The van der Waals surface area contributed by atoms with Gasteiger partial charge in [0.05, 0.1) is 13.2 Å². The standard InChI is InChI=1S/C25H36O3/c1-24-13-11-22-20(8-6-18-16-19(26)10-12-25(18,22)2)21(24)9-7-17(24)4-3-5-23-27-14-15-28-23/h6,8,16-17,20-23H,3-5,7,9-15H2,1-2H3/t17-,20?,21?,22?,24+,25-/m0/s1. The second-order valence-corrected chi connectivity index (χ2v) is 10.6. The van der Waals surface area contributed by atoms with Gasteiger partial charge >= 0.3 is 0 Å². The molecule has 0 spiro atoms. The van der Waals surface area contributed by atoms with Crippen LogP contribution in [0.2, 0.25) is 0 Å². The van der Waals surface area contributed by atoms with Crippen LogP contribution in [0.5, 0.6) is 0 Å². The van der Waals surface area contributed by atoms with Crippen molar-refractivity contribution in [3.63, 3.8) is 0 Å². The van der Waals surface area contributed by atoms with Crippen molar-refractivity contribution >= 4 is 5.78 Å². The minimum Gasteiger partial charge on any atom is -0.350 e. The maximum absolute atomic E-state index is 12.0. The van der Waals surface area contributed by atoms with Crippen molar-refractivity contribution in [2.24, 2.45) is 34.5 Å². The number of carbonyl (C=O) groups is 1. The first-order valence-electron chi connectivity index (χ1n) is 11.7. The normalized spacial score (nSPS) is 45.5. The molecule has 0 N–H and O–H groups in total. The number of fused-ring (bicyclic) bond motifs is 5. The van der Waals surface area contributed by atoms with Gasteiger partial charge in [-0.25, -0.2) is 0 Å². The largest absolute Gasteiger partial charge is 0.350 e. The van der Waals surface area contributed by atoms with Crippen LogP contribution in [-0.4, -0.2) is 25.3 Å². The van der Waals surface area contributed by atoms with Gasteiger partial charge < -0.3 is 9.47 Å². The number of ketones is 1. The quantitative estimate of drug-likeness (QED) is 0.646. The van der Waals surface area contributed by atoms with Crippen LogP contribution in [0.15, 0.2) is 23.8 Å². The molecule has 0 aromatic rings. The minimum atomic E-state index is 0.0567. The number of carbonyl (C=O) groups excluding carboxylic acids is 1. The molecule has 3 unspecified atom stereocenters. The summed E-state index contributed by atoms with van der Waals surface area (Å²) >= 11 is 0. The van der Waals surface area contributed by atoms with Crippen molar-refractivity contribution in [3.05, 3.63) is 23.8 Å². The molecule has 1 aliphatic heterocycles. The van der Waals surface area contributed by atoms with Crippen LogP contribution in [0.1, 0.15) is 71.6 Å². The lowest BCUT2D eigenvalue weighted by molar-refractivity contribution is -0.116. The Morgan fingerprint density at radius 1 is 1.04 bits per heavy atom. The summed E-state index contributed by atoms with van der Waals surface area (Å²) in [5.74, 6) is 3.44. The van der Waals surface area contributed by atoms with Gasteiger partial charge in [-0.1, -0.05) is 26.0 Å². The van der Waals surface area contributed by atoms with E-state index in [2.05, 4.69) is 26.0 Å². The smallest absolute Gasteiger partial charge is 0.157 e. The molecule has 0 aromatic heterocycles. The van der Waals surface area contributed by atoms with Gasteiger partial charge in [0.15, 0.2) is 12.1 Å².